The molecule has 2 heterocycles. The summed E-state index contributed by atoms with van der Waals surface area (Å²) in [6, 6.07) is 14.4. The van der Waals surface area contributed by atoms with Crippen molar-refractivity contribution in [3.05, 3.63) is 66.0 Å². The molecule has 1 aromatic heterocycles. The minimum Gasteiger partial charge on any atom is -0.493 e. The average molecular weight is 455 g/mol. The third-order valence-corrected chi connectivity index (χ3v) is 7.30. The Morgan fingerprint density at radius 3 is 2.22 bits per heavy atom. The smallest absolute Gasteiger partial charge is 0.243 e. The molecule has 1 saturated heterocycles. The molecule has 32 heavy (non-hydrogen) atoms. The van der Waals surface area contributed by atoms with Gasteiger partial charge in [-0.05, 0) is 43.7 Å². The molecule has 0 aliphatic carbocycles. The maximum atomic E-state index is 12.9. The van der Waals surface area contributed by atoms with Crippen LogP contribution in [0.1, 0.15) is 11.1 Å². The summed E-state index contributed by atoms with van der Waals surface area (Å²) in [6.45, 7) is 5.71. The second-order valence-electron chi connectivity index (χ2n) is 7.68. The first kappa shape index (κ1) is 22.0. The average Bonchev–Trinajstić information content (AvgIpc) is 2.81. The van der Waals surface area contributed by atoms with Gasteiger partial charge in [0.2, 0.25) is 15.9 Å². The molecule has 0 amide bonds. The van der Waals surface area contributed by atoms with Crippen LogP contribution < -0.4 is 14.4 Å². The number of methoxy groups -OCH3 is 1. The monoisotopic (exact) mass is 454 g/mol. The molecular weight excluding hydrogens is 428 g/mol. The second kappa shape index (κ2) is 9.13. The highest BCUT2D eigenvalue weighted by atomic mass is 32.2. The van der Waals surface area contributed by atoms with Crippen LogP contribution in [-0.4, -0.2) is 56.0 Å². The molecule has 2 aromatic carbocycles. The lowest BCUT2D eigenvalue weighted by atomic mass is 10.2. The predicted octanol–water partition coefficient (Wildman–Crippen LogP) is 3.41. The van der Waals surface area contributed by atoms with Gasteiger partial charge in [-0.2, -0.15) is 4.31 Å². The largest absolute Gasteiger partial charge is 0.493 e. The van der Waals surface area contributed by atoms with Crippen LogP contribution in [0.4, 0.5) is 5.82 Å². The van der Waals surface area contributed by atoms with Crippen molar-refractivity contribution in [2.75, 3.05) is 38.2 Å². The lowest BCUT2D eigenvalue weighted by Gasteiger charge is -2.34. The lowest BCUT2D eigenvalue weighted by molar-refractivity contribution is 0.372. The van der Waals surface area contributed by atoms with E-state index < -0.39 is 10.0 Å². The van der Waals surface area contributed by atoms with E-state index in [1.54, 1.807) is 25.3 Å². The van der Waals surface area contributed by atoms with Crippen LogP contribution in [0.15, 0.2) is 59.8 Å². The molecule has 1 fully saturated rings. The topological polar surface area (TPSA) is 84.9 Å². The molecule has 0 saturated carbocycles. The van der Waals surface area contributed by atoms with Crippen molar-refractivity contribution in [2.45, 2.75) is 18.7 Å². The summed E-state index contributed by atoms with van der Waals surface area (Å²) in [6.07, 6.45) is 1.45. The number of benzene rings is 2. The summed E-state index contributed by atoms with van der Waals surface area (Å²) in [7, 11) is -1.91. The number of aromatic nitrogens is 2. The van der Waals surface area contributed by atoms with Crippen LogP contribution in [0.25, 0.3) is 0 Å². The second-order valence-corrected chi connectivity index (χ2v) is 9.61. The van der Waals surface area contributed by atoms with Gasteiger partial charge in [-0.15, -0.1) is 0 Å². The summed E-state index contributed by atoms with van der Waals surface area (Å²) < 4.78 is 38.7. The first-order chi connectivity index (χ1) is 15.4. The van der Waals surface area contributed by atoms with Crippen molar-refractivity contribution < 1.29 is 17.9 Å². The zero-order valence-electron chi connectivity index (χ0n) is 18.4. The van der Waals surface area contributed by atoms with Gasteiger partial charge < -0.3 is 14.4 Å². The number of hydrogen-bond donors (Lipinski definition) is 0. The molecule has 168 valence electrons. The van der Waals surface area contributed by atoms with Crippen molar-refractivity contribution in [2.24, 2.45) is 0 Å². The zero-order chi connectivity index (χ0) is 22.7. The van der Waals surface area contributed by atoms with Crippen molar-refractivity contribution in [1.82, 2.24) is 14.3 Å². The molecule has 1 aliphatic heterocycles. The SMILES string of the molecule is COc1cc(C)ccc1Oc1cc(N2CCN(S(=O)(=O)c3ccc(C)cc3)CC2)ncn1. The van der Waals surface area contributed by atoms with Gasteiger partial charge in [0.15, 0.2) is 11.5 Å². The van der Waals surface area contributed by atoms with E-state index in [1.807, 2.05) is 49.1 Å². The molecule has 0 N–H and O–H groups in total. The Balaban J connectivity index is 1.45. The fourth-order valence-corrected chi connectivity index (χ4v) is 4.97. The third-order valence-electron chi connectivity index (χ3n) is 5.38. The van der Waals surface area contributed by atoms with Gasteiger partial charge in [-0.3, -0.25) is 0 Å². The molecule has 0 bridgehead atoms. The molecule has 9 heteroatoms. The number of rotatable bonds is 6. The zero-order valence-corrected chi connectivity index (χ0v) is 19.2. The Hall–Kier alpha value is -3.17. The van der Waals surface area contributed by atoms with E-state index in [1.165, 1.54) is 10.6 Å². The predicted molar refractivity (Wildman–Crippen MR) is 122 cm³/mol. The quantitative estimate of drug-likeness (QED) is 0.564. The minimum absolute atomic E-state index is 0.321. The molecule has 0 atom stereocenters. The molecule has 0 spiro atoms. The maximum absolute atomic E-state index is 12.9. The normalized spacial score (nSPS) is 14.9. The van der Waals surface area contributed by atoms with E-state index in [0.29, 0.717) is 54.3 Å². The number of sulfonamides is 1. The van der Waals surface area contributed by atoms with E-state index in [-0.39, 0.29) is 0 Å². The fourth-order valence-electron chi connectivity index (χ4n) is 3.55. The summed E-state index contributed by atoms with van der Waals surface area (Å²) in [5, 5.41) is 0. The van der Waals surface area contributed by atoms with Crippen LogP contribution in [-0.2, 0) is 10.0 Å². The lowest BCUT2D eigenvalue weighted by Crippen LogP contribution is -2.48. The number of hydrogen-bond acceptors (Lipinski definition) is 7. The van der Waals surface area contributed by atoms with Crippen LogP contribution in [0.3, 0.4) is 0 Å². The van der Waals surface area contributed by atoms with E-state index >= 15 is 0 Å². The van der Waals surface area contributed by atoms with E-state index in [4.69, 9.17) is 9.47 Å². The summed E-state index contributed by atoms with van der Waals surface area (Å²) in [4.78, 5) is 10.9. The number of aryl methyl sites for hydroxylation is 2. The first-order valence-corrected chi connectivity index (χ1v) is 11.8. The van der Waals surface area contributed by atoms with Crippen LogP contribution in [0, 0.1) is 13.8 Å². The maximum Gasteiger partial charge on any atom is 0.243 e. The summed E-state index contributed by atoms with van der Waals surface area (Å²) in [5.41, 5.74) is 2.09. The molecule has 8 nitrogen and oxygen atoms in total. The highest BCUT2D eigenvalue weighted by Gasteiger charge is 2.29. The number of piperazine rings is 1. The Labute approximate surface area is 188 Å². The van der Waals surface area contributed by atoms with Crippen molar-refractivity contribution in [3.8, 4) is 17.4 Å². The van der Waals surface area contributed by atoms with E-state index in [9.17, 15) is 8.42 Å². The number of ether oxygens (including phenoxy) is 2. The summed E-state index contributed by atoms with van der Waals surface area (Å²) in [5.74, 6) is 2.28. The minimum atomic E-state index is -3.51. The van der Waals surface area contributed by atoms with Gasteiger partial charge in [0.1, 0.15) is 12.1 Å². The van der Waals surface area contributed by atoms with Crippen LogP contribution >= 0.6 is 0 Å². The molecule has 3 aromatic rings. The highest BCUT2D eigenvalue weighted by Crippen LogP contribution is 2.32. The van der Waals surface area contributed by atoms with Gasteiger partial charge in [-0.1, -0.05) is 23.8 Å². The first-order valence-electron chi connectivity index (χ1n) is 10.3. The molecule has 4 rings (SSSR count). The Morgan fingerprint density at radius 1 is 0.844 bits per heavy atom. The molecule has 0 radical (unpaired) electrons. The number of anilines is 1. The van der Waals surface area contributed by atoms with E-state index in [0.717, 1.165) is 11.1 Å². The van der Waals surface area contributed by atoms with Crippen LogP contribution in [0.2, 0.25) is 0 Å². The van der Waals surface area contributed by atoms with Crippen molar-refractivity contribution >= 4 is 15.8 Å². The van der Waals surface area contributed by atoms with Gasteiger partial charge in [0.25, 0.3) is 0 Å². The molecule has 1 aliphatic rings. The van der Waals surface area contributed by atoms with Gasteiger partial charge in [0, 0.05) is 32.2 Å². The number of nitrogens with zero attached hydrogens (tertiary/aromatic N) is 4. The van der Waals surface area contributed by atoms with Crippen molar-refractivity contribution in [3.63, 3.8) is 0 Å². The van der Waals surface area contributed by atoms with E-state index in [2.05, 4.69) is 9.97 Å². The van der Waals surface area contributed by atoms with Gasteiger partial charge >= 0.3 is 0 Å². The van der Waals surface area contributed by atoms with Gasteiger partial charge in [0.05, 0.1) is 12.0 Å². The Morgan fingerprint density at radius 2 is 1.53 bits per heavy atom. The molecular formula is C23H26N4O4S. The standard InChI is InChI=1S/C23H26N4O4S/c1-17-4-7-19(8-5-17)32(28,29)27-12-10-26(11-13-27)22-15-23(25-16-24-22)31-20-9-6-18(2)14-21(20)30-3/h4-9,14-16H,10-13H2,1-3H3. The summed E-state index contributed by atoms with van der Waals surface area (Å²) >= 11 is 0. The van der Waals surface area contributed by atoms with Crippen LogP contribution in [0.5, 0.6) is 17.4 Å². The Kier molecular flexibility index (Phi) is 6.29. The third kappa shape index (κ3) is 4.68. The highest BCUT2D eigenvalue weighted by molar-refractivity contribution is 7.89. The molecule has 0 unspecified atom stereocenters. The van der Waals surface area contributed by atoms with Crippen molar-refractivity contribution in [1.29, 1.82) is 0 Å². The fraction of sp³-hybridized carbons (Fsp3) is 0.304. The van der Waals surface area contributed by atoms with Gasteiger partial charge in [-0.25, -0.2) is 18.4 Å². The Bertz CT molecular complexity index is 1190.